The van der Waals surface area contributed by atoms with E-state index >= 15 is 0 Å². The van der Waals surface area contributed by atoms with Gasteiger partial charge in [-0.25, -0.2) is 4.98 Å². The summed E-state index contributed by atoms with van der Waals surface area (Å²) in [5.74, 6) is 0.284. The number of ether oxygens (including phenoxy) is 1. The van der Waals surface area contributed by atoms with Crippen molar-refractivity contribution in [1.82, 2.24) is 15.2 Å². The van der Waals surface area contributed by atoms with Gasteiger partial charge in [0.15, 0.2) is 0 Å². The van der Waals surface area contributed by atoms with Gasteiger partial charge in [0.2, 0.25) is 11.8 Å². The van der Waals surface area contributed by atoms with Crippen LogP contribution in [0, 0.1) is 5.92 Å². The van der Waals surface area contributed by atoms with Gasteiger partial charge in [0.05, 0.1) is 12.1 Å². The number of rotatable bonds is 8. The van der Waals surface area contributed by atoms with Crippen LogP contribution in [-0.2, 0) is 20.7 Å². The second kappa shape index (κ2) is 10.5. The van der Waals surface area contributed by atoms with Gasteiger partial charge in [-0.05, 0) is 25.7 Å². The number of hydrogen-bond donors (Lipinski definition) is 1. The Hall–Kier alpha value is -2.25. The summed E-state index contributed by atoms with van der Waals surface area (Å²) in [5.41, 5.74) is 1.89. The summed E-state index contributed by atoms with van der Waals surface area (Å²) in [6.07, 6.45) is 2.01. The predicted molar refractivity (Wildman–Crippen MR) is 115 cm³/mol. The van der Waals surface area contributed by atoms with Crippen LogP contribution >= 0.6 is 11.3 Å². The number of nitrogens with one attached hydrogen (secondary N) is 1. The molecule has 3 rings (SSSR count). The van der Waals surface area contributed by atoms with Crippen LogP contribution in [0.15, 0.2) is 35.7 Å². The van der Waals surface area contributed by atoms with Gasteiger partial charge in [-0.1, -0.05) is 37.3 Å². The van der Waals surface area contributed by atoms with Crippen molar-refractivity contribution in [3.8, 4) is 10.6 Å². The summed E-state index contributed by atoms with van der Waals surface area (Å²) in [6.45, 7) is 5.93. The zero-order chi connectivity index (χ0) is 20.6. The molecule has 2 amide bonds. The van der Waals surface area contributed by atoms with E-state index in [0.717, 1.165) is 29.1 Å². The minimum atomic E-state index is -0.0778. The van der Waals surface area contributed by atoms with E-state index in [2.05, 4.69) is 17.2 Å². The molecule has 0 saturated carbocycles. The normalized spacial score (nSPS) is 19.2. The third-order valence-electron chi connectivity index (χ3n) is 5.30. The number of aromatic nitrogens is 1. The topological polar surface area (TPSA) is 71.5 Å². The van der Waals surface area contributed by atoms with Gasteiger partial charge in [-0.3, -0.25) is 9.59 Å². The van der Waals surface area contributed by atoms with Gasteiger partial charge in [0, 0.05) is 36.7 Å². The van der Waals surface area contributed by atoms with Crippen molar-refractivity contribution in [2.75, 3.05) is 26.3 Å². The molecule has 0 aliphatic carbocycles. The number of carbonyl (C=O) groups is 2. The van der Waals surface area contributed by atoms with Gasteiger partial charge < -0.3 is 15.0 Å². The van der Waals surface area contributed by atoms with Gasteiger partial charge in [-0.15, -0.1) is 11.3 Å². The lowest BCUT2D eigenvalue weighted by Gasteiger charge is -2.38. The molecular formula is C22H29N3O3S. The van der Waals surface area contributed by atoms with Crippen molar-refractivity contribution in [3.05, 3.63) is 41.4 Å². The molecule has 29 heavy (non-hydrogen) atoms. The molecular weight excluding hydrogens is 386 g/mol. The zero-order valence-electron chi connectivity index (χ0n) is 17.1. The van der Waals surface area contributed by atoms with E-state index in [1.54, 1.807) is 11.3 Å². The second-order valence-corrected chi connectivity index (χ2v) is 8.15. The summed E-state index contributed by atoms with van der Waals surface area (Å²) < 4.78 is 5.18. The number of piperidine rings is 1. The molecule has 0 bridgehead atoms. The molecule has 1 fully saturated rings. The minimum Gasteiger partial charge on any atom is -0.372 e. The molecule has 2 aromatic rings. The van der Waals surface area contributed by atoms with Crippen molar-refractivity contribution in [2.24, 2.45) is 5.92 Å². The SMILES string of the molecule is CCOCC(=O)N[C@H]1CCN(C(=O)Cc2csc(-c3ccccc3)n2)C[C@H]1CC. The van der Waals surface area contributed by atoms with Crippen LogP contribution < -0.4 is 5.32 Å². The van der Waals surface area contributed by atoms with Crippen LogP contribution in [0.4, 0.5) is 0 Å². The smallest absolute Gasteiger partial charge is 0.246 e. The number of hydrogen-bond acceptors (Lipinski definition) is 5. The minimum absolute atomic E-state index is 0.0778. The highest BCUT2D eigenvalue weighted by molar-refractivity contribution is 7.13. The Kier molecular flexibility index (Phi) is 7.77. The van der Waals surface area contributed by atoms with Crippen LogP contribution in [0.3, 0.4) is 0 Å². The van der Waals surface area contributed by atoms with Crippen LogP contribution in [-0.4, -0.2) is 54.0 Å². The standard InChI is InChI=1S/C22H29N3O3S/c1-3-16-13-25(11-10-19(16)24-20(26)14-28-4-2)21(27)12-18-15-29-22(23-18)17-8-6-5-7-9-17/h5-9,15-16,19H,3-4,10-14H2,1-2H3,(H,24,26)/t16-,19+/m1/s1. The highest BCUT2D eigenvalue weighted by atomic mass is 32.1. The maximum atomic E-state index is 12.8. The molecule has 2 atom stereocenters. The molecule has 1 aromatic carbocycles. The first-order valence-corrected chi connectivity index (χ1v) is 11.1. The lowest BCUT2D eigenvalue weighted by Crippen LogP contribution is -2.53. The fourth-order valence-electron chi connectivity index (χ4n) is 3.67. The summed E-state index contributed by atoms with van der Waals surface area (Å²) in [4.78, 5) is 31.4. The molecule has 1 aliphatic heterocycles. The summed E-state index contributed by atoms with van der Waals surface area (Å²) in [6, 6.07) is 10.1. The van der Waals surface area contributed by atoms with E-state index < -0.39 is 0 Å². The van der Waals surface area contributed by atoms with Crippen molar-refractivity contribution >= 4 is 23.2 Å². The molecule has 0 unspecified atom stereocenters. The average Bonchev–Trinajstić information content (AvgIpc) is 3.21. The van der Waals surface area contributed by atoms with E-state index in [4.69, 9.17) is 4.74 Å². The van der Waals surface area contributed by atoms with Crippen molar-refractivity contribution in [3.63, 3.8) is 0 Å². The second-order valence-electron chi connectivity index (χ2n) is 7.29. The molecule has 6 nitrogen and oxygen atoms in total. The Morgan fingerprint density at radius 1 is 1.28 bits per heavy atom. The number of nitrogens with zero attached hydrogens (tertiary/aromatic N) is 2. The molecule has 0 spiro atoms. The molecule has 1 saturated heterocycles. The maximum Gasteiger partial charge on any atom is 0.246 e. The monoisotopic (exact) mass is 415 g/mol. The van der Waals surface area contributed by atoms with E-state index in [-0.39, 0.29) is 30.4 Å². The molecule has 1 N–H and O–H groups in total. The van der Waals surface area contributed by atoms with Gasteiger partial charge in [-0.2, -0.15) is 0 Å². The number of carbonyl (C=O) groups excluding carboxylic acids is 2. The number of likely N-dealkylation sites (tertiary alicyclic amines) is 1. The van der Waals surface area contributed by atoms with Crippen molar-refractivity contribution < 1.29 is 14.3 Å². The lowest BCUT2D eigenvalue weighted by molar-refractivity contribution is -0.133. The Labute approximate surface area is 176 Å². The number of amides is 2. The van der Waals surface area contributed by atoms with Crippen molar-refractivity contribution in [1.29, 1.82) is 0 Å². The molecule has 0 radical (unpaired) electrons. The lowest BCUT2D eigenvalue weighted by atomic mass is 9.89. The third kappa shape index (κ3) is 5.87. The largest absolute Gasteiger partial charge is 0.372 e. The molecule has 1 aliphatic rings. The Morgan fingerprint density at radius 2 is 2.07 bits per heavy atom. The fourth-order valence-corrected chi connectivity index (χ4v) is 4.50. The summed E-state index contributed by atoms with van der Waals surface area (Å²) in [7, 11) is 0. The van der Waals surface area contributed by atoms with Gasteiger partial charge in [0.25, 0.3) is 0 Å². The van der Waals surface area contributed by atoms with Crippen LogP contribution in [0.25, 0.3) is 10.6 Å². The fraction of sp³-hybridized carbons (Fsp3) is 0.500. The summed E-state index contributed by atoms with van der Waals surface area (Å²) >= 11 is 1.57. The third-order valence-corrected chi connectivity index (χ3v) is 6.24. The predicted octanol–water partition coefficient (Wildman–Crippen LogP) is 3.13. The van der Waals surface area contributed by atoms with Gasteiger partial charge in [0.1, 0.15) is 11.6 Å². The van der Waals surface area contributed by atoms with Crippen molar-refractivity contribution in [2.45, 2.75) is 39.2 Å². The molecule has 156 valence electrons. The zero-order valence-corrected chi connectivity index (χ0v) is 17.9. The van der Waals surface area contributed by atoms with Crippen LogP contribution in [0.1, 0.15) is 32.4 Å². The molecule has 1 aromatic heterocycles. The maximum absolute atomic E-state index is 12.8. The first-order chi connectivity index (χ1) is 14.1. The number of thiazole rings is 1. The van der Waals surface area contributed by atoms with E-state index in [0.29, 0.717) is 26.1 Å². The molecule has 2 heterocycles. The first-order valence-electron chi connectivity index (χ1n) is 10.2. The number of benzene rings is 1. The van der Waals surface area contributed by atoms with E-state index in [1.165, 1.54) is 0 Å². The Bertz CT molecular complexity index is 809. The average molecular weight is 416 g/mol. The highest BCUT2D eigenvalue weighted by Gasteiger charge is 2.31. The molecule has 7 heteroatoms. The summed E-state index contributed by atoms with van der Waals surface area (Å²) in [5, 5.41) is 5.98. The Morgan fingerprint density at radius 3 is 2.79 bits per heavy atom. The Balaban J connectivity index is 1.54. The quantitative estimate of drug-likeness (QED) is 0.719. The van der Waals surface area contributed by atoms with Gasteiger partial charge >= 0.3 is 0 Å². The van der Waals surface area contributed by atoms with E-state index in [1.807, 2.05) is 47.5 Å². The van der Waals surface area contributed by atoms with E-state index in [9.17, 15) is 9.59 Å². The highest BCUT2D eigenvalue weighted by Crippen LogP contribution is 2.25. The van der Waals surface area contributed by atoms with Crippen LogP contribution in [0.2, 0.25) is 0 Å². The van der Waals surface area contributed by atoms with Crippen LogP contribution in [0.5, 0.6) is 0 Å². The first kappa shape index (κ1) is 21.5.